The van der Waals surface area contributed by atoms with Crippen molar-refractivity contribution in [1.82, 2.24) is 4.98 Å². The zero-order valence-electron chi connectivity index (χ0n) is 15.2. The number of benzene rings is 2. The molecule has 1 heterocycles. The number of aryl methyl sites for hydroxylation is 2. The van der Waals surface area contributed by atoms with E-state index in [0.717, 1.165) is 23.3 Å². The number of halogens is 2. The summed E-state index contributed by atoms with van der Waals surface area (Å²) >= 11 is 0. The topological polar surface area (TPSA) is 71.1 Å². The van der Waals surface area contributed by atoms with Gasteiger partial charge in [-0.1, -0.05) is 24.3 Å². The van der Waals surface area contributed by atoms with Crippen LogP contribution in [-0.4, -0.2) is 16.8 Å². The van der Waals surface area contributed by atoms with E-state index < -0.39 is 23.4 Å². The van der Waals surface area contributed by atoms with Crippen LogP contribution in [0.4, 0.5) is 20.2 Å². The molecule has 0 fully saturated rings. The van der Waals surface area contributed by atoms with Crippen molar-refractivity contribution < 1.29 is 18.4 Å². The Labute approximate surface area is 160 Å². The molecule has 0 aliphatic rings. The van der Waals surface area contributed by atoms with Crippen LogP contribution in [0.5, 0.6) is 0 Å². The molecule has 5 nitrogen and oxygen atoms in total. The van der Waals surface area contributed by atoms with Gasteiger partial charge in [-0.25, -0.2) is 13.8 Å². The van der Waals surface area contributed by atoms with E-state index in [1.807, 2.05) is 32.0 Å². The van der Waals surface area contributed by atoms with E-state index in [2.05, 4.69) is 15.6 Å². The Morgan fingerprint density at radius 1 is 0.786 bits per heavy atom. The normalized spacial score (nSPS) is 10.4. The number of pyridine rings is 1. The number of aromatic nitrogens is 1. The fourth-order valence-corrected chi connectivity index (χ4v) is 2.65. The minimum Gasteiger partial charge on any atom is -0.321 e. The summed E-state index contributed by atoms with van der Waals surface area (Å²) in [7, 11) is 0. The number of para-hydroxylation sites is 1. The lowest BCUT2D eigenvalue weighted by Gasteiger charge is -2.11. The lowest BCUT2D eigenvalue weighted by atomic mass is 10.1. The van der Waals surface area contributed by atoms with Gasteiger partial charge in [-0.2, -0.15) is 0 Å². The molecule has 0 saturated heterocycles. The first-order chi connectivity index (χ1) is 13.3. The quantitative estimate of drug-likeness (QED) is 0.700. The molecule has 3 rings (SSSR count). The van der Waals surface area contributed by atoms with Crippen LogP contribution in [0.2, 0.25) is 0 Å². The number of nitrogens with one attached hydrogen (secondary N) is 2. The summed E-state index contributed by atoms with van der Waals surface area (Å²) in [5, 5.41) is 5.22. The summed E-state index contributed by atoms with van der Waals surface area (Å²) in [5.41, 5.74) is 2.60. The summed E-state index contributed by atoms with van der Waals surface area (Å²) in [6, 6.07) is 13.1. The molecule has 0 unspecified atom stereocenters. The smallest absolute Gasteiger partial charge is 0.274 e. The second-order valence-electron chi connectivity index (χ2n) is 6.21. The van der Waals surface area contributed by atoms with Crippen LogP contribution in [0.3, 0.4) is 0 Å². The van der Waals surface area contributed by atoms with Crippen molar-refractivity contribution in [3.05, 3.63) is 88.7 Å². The fourth-order valence-electron chi connectivity index (χ4n) is 2.65. The number of hydrogen-bond acceptors (Lipinski definition) is 3. The predicted molar refractivity (Wildman–Crippen MR) is 102 cm³/mol. The molecule has 2 N–H and O–H groups in total. The van der Waals surface area contributed by atoms with Crippen LogP contribution < -0.4 is 10.6 Å². The van der Waals surface area contributed by atoms with Crippen molar-refractivity contribution >= 4 is 23.2 Å². The van der Waals surface area contributed by atoms with E-state index in [0.29, 0.717) is 5.69 Å². The summed E-state index contributed by atoms with van der Waals surface area (Å²) in [4.78, 5) is 28.9. The van der Waals surface area contributed by atoms with Gasteiger partial charge in [0, 0.05) is 17.4 Å². The molecule has 142 valence electrons. The minimum absolute atomic E-state index is 0.0288. The Morgan fingerprint density at radius 2 is 1.36 bits per heavy atom. The lowest BCUT2D eigenvalue weighted by Crippen LogP contribution is -2.19. The highest BCUT2D eigenvalue weighted by Gasteiger charge is 2.15. The molecule has 28 heavy (non-hydrogen) atoms. The zero-order chi connectivity index (χ0) is 20.3. The number of amides is 2. The first-order valence-corrected chi connectivity index (χ1v) is 8.46. The molecule has 2 amide bonds. The lowest BCUT2D eigenvalue weighted by molar-refractivity contribution is 0.101. The van der Waals surface area contributed by atoms with Crippen LogP contribution in [-0.2, 0) is 0 Å². The molecule has 0 aliphatic carbocycles. The molecule has 7 heteroatoms. The van der Waals surface area contributed by atoms with Crippen molar-refractivity contribution in [1.29, 1.82) is 0 Å². The molecule has 0 radical (unpaired) electrons. The van der Waals surface area contributed by atoms with Gasteiger partial charge in [0.1, 0.15) is 11.4 Å². The second kappa shape index (κ2) is 7.96. The maximum absolute atomic E-state index is 13.3. The molecule has 0 spiro atoms. The van der Waals surface area contributed by atoms with Crippen molar-refractivity contribution in [3.63, 3.8) is 0 Å². The fraction of sp³-hybridized carbons (Fsp3) is 0.0952. The van der Waals surface area contributed by atoms with E-state index in [1.165, 1.54) is 24.3 Å². The molecule has 2 aromatic carbocycles. The number of anilines is 2. The number of carbonyl (C=O) groups is 2. The Bertz CT molecular complexity index is 1050. The molecule has 0 aliphatic heterocycles. The highest BCUT2D eigenvalue weighted by atomic mass is 19.2. The zero-order valence-corrected chi connectivity index (χ0v) is 15.2. The molecular weight excluding hydrogens is 364 g/mol. The van der Waals surface area contributed by atoms with Crippen LogP contribution in [0, 0.1) is 25.5 Å². The first-order valence-electron chi connectivity index (χ1n) is 8.46. The number of carbonyl (C=O) groups excluding carboxylic acids is 2. The van der Waals surface area contributed by atoms with Crippen molar-refractivity contribution in [2.24, 2.45) is 0 Å². The van der Waals surface area contributed by atoms with Gasteiger partial charge in [0.15, 0.2) is 11.6 Å². The third-order valence-corrected chi connectivity index (χ3v) is 4.11. The van der Waals surface area contributed by atoms with Crippen LogP contribution in [0.25, 0.3) is 0 Å². The molecule has 0 saturated carbocycles. The third-order valence-electron chi connectivity index (χ3n) is 4.11. The standard InChI is InChI=1S/C21H17F2N3O2/c1-12-5-3-6-13(2)19(12)26-21(28)18-8-4-7-17(25-18)20(27)24-14-9-10-15(22)16(23)11-14/h3-11H,1-2H3,(H,24,27)(H,26,28). The Morgan fingerprint density at radius 3 is 1.96 bits per heavy atom. The van der Waals surface area contributed by atoms with Gasteiger partial charge in [0.2, 0.25) is 0 Å². The summed E-state index contributed by atoms with van der Waals surface area (Å²) in [5.74, 6) is -3.19. The Balaban J connectivity index is 1.78. The van der Waals surface area contributed by atoms with Crippen LogP contribution >= 0.6 is 0 Å². The number of hydrogen-bond donors (Lipinski definition) is 2. The summed E-state index contributed by atoms with van der Waals surface area (Å²) < 4.78 is 26.3. The molecule has 1 aromatic heterocycles. The second-order valence-corrected chi connectivity index (χ2v) is 6.21. The summed E-state index contributed by atoms with van der Waals surface area (Å²) in [6.45, 7) is 3.75. The SMILES string of the molecule is Cc1cccc(C)c1NC(=O)c1cccc(C(=O)Nc2ccc(F)c(F)c2)n1. The molecule has 0 bridgehead atoms. The largest absolute Gasteiger partial charge is 0.321 e. The Hall–Kier alpha value is -3.61. The minimum atomic E-state index is -1.08. The Kier molecular flexibility index (Phi) is 5.44. The third kappa shape index (κ3) is 4.20. The van der Waals surface area contributed by atoms with E-state index in [4.69, 9.17) is 0 Å². The van der Waals surface area contributed by atoms with Crippen molar-refractivity contribution in [3.8, 4) is 0 Å². The van der Waals surface area contributed by atoms with E-state index in [1.54, 1.807) is 0 Å². The van der Waals surface area contributed by atoms with Gasteiger partial charge in [-0.15, -0.1) is 0 Å². The molecular formula is C21H17F2N3O2. The van der Waals surface area contributed by atoms with Gasteiger partial charge in [0.25, 0.3) is 11.8 Å². The highest BCUT2D eigenvalue weighted by molar-refractivity contribution is 6.06. The maximum atomic E-state index is 13.3. The van der Waals surface area contributed by atoms with Gasteiger partial charge in [-0.05, 0) is 49.2 Å². The number of rotatable bonds is 4. The maximum Gasteiger partial charge on any atom is 0.274 e. The van der Waals surface area contributed by atoms with E-state index in [-0.39, 0.29) is 17.1 Å². The van der Waals surface area contributed by atoms with Crippen LogP contribution in [0.1, 0.15) is 32.1 Å². The van der Waals surface area contributed by atoms with Gasteiger partial charge in [0.05, 0.1) is 0 Å². The van der Waals surface area contributed by atoms with Crippen molar-refractivity contribution in [2.45, 2.75) is 13.8 Å². The number of nitrogens with zero attached hydrogens (tertiary/aromatic N) is 1. The molecule has 0 atom stereocenters. The van der Waals surface area contributed by atoms with Crippen LogP contribution in [0.15, 0.2) is 54.6 Å². The average molecular weight is 381 g/mol. The summed E-state index contributed by atoms with van der Waals surface area (Å²) in [6.07, 6.45) is 0. The van der Waals surface area contributed by atoms with E-state index in [9.17, 15) is 18.4 Å². The van der Waals surface area contributed by atoms with Gasteiger partial charge in [-0.3, -0.25) is 9.59 Å². The van der Waals surface area contributed by atoms with Gasteiger partial charge >= 0.3 is 0 Å². The van der Waals surface area contributed by atoms with E-state index >= 15 is 0 Å². The van der Waals surface area contributed by atoms with Gasteiger partial charge < -0.3 is 10.6 Å². The predicted octanol–water partition coefficient (Wildman–Crippen LogP) is 4.48. The molecule has 3 aromatic rings. The average Bonchev–Trinajstić information content (AvgIpc) is 2.67. The monoisotopic (exact) mass is 381 g/mol. The van der Waals surface area contributed by atoms with Crippen molar-refractivity contribution in [2.75, 3.05) is 10.6 Å². The first kappa shape index (κ1) is 19.2. The highest BCUT2D eigenvalue weighted by Crippen LogP contribution is 2.20.